The second kappa shape index (κ2) is 10.6. The topological polar surface area (TPSA) is 56.8 Å². The molecule has 0 aliphatic heterocycles. The van der Waals surface area contributed by atoms with E-state index in [2.05, 4.69) is 5.32 Å². The van der Waals surface area contributed by atoms with E-state index in [0.717, 1.165) is 22.0 Å². The molecule has 1 N–H and O–H groups in total. The van der Waals surface area contributed by atoms with E-state index in [0.29, 0.717) is 31.1 Å². The van der Waals surface area contributed by atoms with Gasteiger partial charge in [-0.25, -0.2) is 0 Å². The molecule has 0 aliphatic carbocycles. The summed E-state index contributed by atoms with van der Waals surface area (Å²) >= 11 is 1.65. The first kappa shape index (κ1) is 20.0. The lowest BCUT2D eigenvalue weighted by Gasteiger charge is -2.11. The molecule has 140 valence electrons. The standard InChI is InChI=1S/C20H25NO4S/c1-4-25-18-10-5-15(13-19(18)24-3)14-21-20(22)11-12-26-17-8-6-16(23-2)7-9-17/h5-10,13H,4,11-12,14H2,1-3H3,(H,21,22). The van der Waals surface area contributed by atoms with Crippen molar-refractivity contribution in [1.82, 2.24) is 5.32 Å². The molecule has 2 aromatic rings. The number of hydrogen-bond donors (Lipinski definition) is 1. The summed E-state index contributed by atoms with van der Waals surface area (Å²) < 4.78 is 16.0. The summed E-state index contributed by atoms with van der Waals surface area (Å²) in [7, 11) is 3.25. The van der Waals surface area contributed by atoms with Gasteiger partial charge in [0, 0.05) is 23.6 Å². The van der Waals surface area contributed by atoms with Crippen LogP contribution in [0.2, 0.25) is 0 Å². The lowest BCUT2D eigenvalue weighted by Crippen LogP contribution is -2.23. The number of carbonyl (C=O) groups is 1. The highest BCUT2D eigenvalue weighted by Crippen LogP contribution is 2.28. The van der Waals surface area contributed by atoms with Gasteiger partial charge in [-0.3, -0.25) is 4.79 Å². The summed E-state index contributed by atoms with van der Waals surface area (Å²) in [6.45, 7) is 2.98. The van der Waals surface area contributed by atoms with Crippen LogP contribution in [0.1, 0.15) is 18.9 Å². The van der Waals surface area contributed by atoms with Crippen LogP contribution in [0.15, 0.2) is 47.4 Å². The summed E-state index contributed by atoms with van der Waals surface area (Å²) in [6.07, 6.45) is 0.463. The summed E-state index contributed by atoms with van der Waals surface area (Å²) in [4.78, 5) is 13.2. The van der Waals surface area contributed by atoms with Crippen molar-refractivity contribution in [3.05, 3.63) is 48.0 Å². The number of benzene rings is 2. The van der Waals surface area contributed by atoms with Crippen LogP contribution in [-0.4, -0.2) is 32.5 Å². The Morgan fingerprint density at radius 1 is 1.04 bits per heavy atom. The van der Waals surface area contributed by atoms with Crippen molar-refractivity contribution in [3.63, 3.8) is 0 Å². The quantitative estimate of drug-likeness (QED) is 0.638. The van der Waals surface area contributed by atoms with Crippen LogP contribution >= 0.6 is 11.8 Å². The lowest BCUT2D eigenvalue weighted by atomic mass is 10.2. The molecule has 2 rings (SSSR count). The number of amides is 1. The highest BCUT2D eigenvalue weighted by atomic mass is 32.2. The molecule has 0 bridgehead atoms. The zero-order valence-electron chi connectivity index (χ0n) is 15.4. The van der Waals surface area contributed by atoms with E-state index in [4.69, 9.17) is 14.2 Å². The van der Waals surface area contributed by atoms with E-state index in [1.165, 1.54) is 0 Å². The molecule has 26 heavy (non-hydrogen) atoms. The molecule has 0 heterocycles. The van der Waals surface area contributed by atoms with E-state index < -0.39 is 0 Å². The van der Waals surface area contributed by atoms with E-state index >= 15 is 0 Å². The molecular weight excluding hydrogens is 350 g/mol. The van der Waals surface area contributed by atoms with Crippen LogP contribution in [-0.2, 0) is 11.3 Å². The summed E-state index contributed by atoms with van der Waals surface area (Å²) in [5.74, 6) is 2.97. The summed E-state index contributed by atoms with van der Waals surface area (Å²) in [6, 6.07) is 13.5. The zero-order valence-corrected chi connectivity index (χ0v) is 16.2. The van der Waals surface area contributed by atoms with Gasteiger partial charge in [0.25, 0.3) is 0 Å². The maximum Gasteiger partial charge on any atom is 0.221 e. The Morgan fingerprint density at radius 2 is 1.81 bits per heavy atom. The highest BCUT2D eigenvalue weighted by molar-refractivity contribution is 7.99. The lowest BCUT2D eigenvalue weighted by molar-refractivity contribution is -0.120. The Morgan fingerprint density at radius 3 is 2.46 bits per heavy atom. The van der Waals surface area contributed by atoms with Crippen molar-refractivity contribution in [2.24, 2.45) is 0 Å². The third-order valence-corrected chi connectivity index (χ3v) is 4.69. The summed E-state index contributed by atoms with van der Waals surface area (Å²) in [5, 5.41) is 2.94. The maximum absolute atomic E-state index is 12.0. The Bertz CT molecular complexity index is 703. The second-order valence-electron chi connectivity index (χ2n) is 5.47. The minimum Gasteiger partial charge on any atom is -0.497 e. The van der Waals surface area contributed by atoms with Gasteiger partial charge in [0.15, 0.2) is 11.5 Å². The fourth-order valence-electron chi connectivity index (χ4n) is 2.32. The van der Waals surface area contributed by atoms with Gasteiger partial charge >= 0.3 is 0 Å². The number of methoxy groups -OCH3 is 2. The molecule has 5 nitrogen and oxygen atoms in total. The van der Waals surface area contributed by atoms with E-state index in [9.17, 15) is 4.79 Å². The van der Waals surface area contributed by atoms with Crippen molar-refractivity contribution < 1.29 is 19.0 Å². The Labute approximate surface area is 159 Å². The molecule has 0 radical (unpaired) electrons. The first-order chi connectivity index (χ1) is 12.7. The van der Waals surface area contributed by atoms with Crippen LogP contribution in [0.4, 0.5) is 0 Å². The van der Waals surface area contributed by atoms with Crippen LogP contribution < -0.4 is 19.5 Å². The molecule has 0 saturated heterocycles. The fraction of sp³-hybridized carbons (Fsp3) is 0.350. The van der Waals surface area contributed by atoms with Gasteiger partial charge in [-0.2, -0.15) is 0 Å². The monoisotopic (exact) mass is 375 g/mol. The smallest absolute Gasteiger partial charge is 0.221 e. The molecular formula is C20H25NO4S. The SMILES string of the molecule is CCOc1ccc(CNC(=O)CCSc2ccc(OC)cc2)cc1OC. The number of hydrogen-bond acceptors (Lipinski definition) is 5. The highest BCUT2D eigenvalue weighted by Gasteiger charge is 2.07. The largest absolute Gasteiger partial charge is 0.497 e. The van der Waals surface area contributed by atoms with E-state index in [1.54, 1.807) is 26.0 Å². The van der Waals surface area contributed by atoms with Crippen molar-refractivity contribution in [2.75, 3.05) is 26.6 Å². The van der Waals surface area contributed by atoms with Gasteiger partial charge in [-0.15, -0.1) is 11.8 Å². The van der Waals surface area contributed by atoms with Crippen molar-refractivity contribution >= 4 is 17.7 Å². The van der Waals surface area contributed by atoms with Crippen LogP contribution in [0, 0.1) is 0 Å². The molecule has 0 aliphatic rings. The molecule has 0 saturated carbocycles. The van der Waals surface area contributed by atoms with Crippen LogP contribution in [0.5, 0.6) is 17.2 Å². The van der Waals surface area contributed by atoms with Gasteiger partial charge in [0.1, 0.15) is 5.75 Å². The minimum atomic E-state index is 0.0267. The average Bonchev–Trinajstić information content (AvgIpc) is 2.68. The van der Waals surface area contributed by atoms with Gasteiger partial charge in [0.2, 0.25) is 5.91 Å². The fourth-order valence-corrected chi connectivity index (χ4v) is 3.17. The average molecular weight is 375 g/mol. The molecule has 0 spiro atoms. The minimum absolute atomic E-state index is 0.0267. The number of thioether (sulfide) groups is 1. The van der Waals surface area contributed by atoms with E-state index in [1.807, 2.05) is 49.4 Å². The first-order valence-corrected chi connectivity index (χ1v) is 9.48. The maximum atomic E-state index is 12.0. The van der Waals surface area contributed by atoms with Crippen molar-refractivity contribution in [1.29, 1.82) is 0 Å². The third kappa shape index (κ3) is 6.19. The number of carbonyl (C=O) groups excluding carboxylic acids is 1. The predicted molar refractivity (Wildman–Crippen MR) is 104 cm³/mol. The molecule has 0 fully saturated rings. The normalized spacial score (nSPS) is 10.3. The van der Waals surface area contributed by atoms with Gasteiger partial charge in [-0.1, -0.05) is 6.07 Å². The molecule has 0 unspecified atom stereocenters. The third-order valence-electron chi connectivity index (χ3n) is 3.67. The number of nitrogens with one attached hydrogen (secondary N) is 1. The van der Waals surface area contributed by atoms with Gasteiger partial charge < -0.3 is 19.5 Å². The molecule has 6 heteroatoms. The molecule has 0 aromatic heterocycles. The summed E-state index contributed by atoms with van der Waals surface area (Å²) in [5.41, 5.74) is 0.974. The molecule has 1 amide bonds. The zero-order chi connectivity index (χ0) is 18.8. The first-order valence-electron chi connectivity index (χ1n) is 8.49. The predicted octanol–water partition coefficient (Wildman–Crippen LogP) is 3.90. The van der Waals surface area contributed by atoms with Gasteiger partial charge in [0.05, 0.1) is 20.8 Å². The number of ether oxygens (including phenoxy) is 3. The Kier molecular flexibility index (Phi) is 8.15. The second-order valence-corrected chi connectivity index (χ2v) is 6.64. The Hall–Kier alpha value is -2.34. The van der Waals surface area contributed by atoms with Crippen molar-refractivity contribution in [3.8, 4) is 17.2 Å². The van der Waals surface area contributed by atoms with Crippen molar-refractivity contribution in [2.45, 2.75) is 24.8 Å². The van der Waals surface area contributed by atoms with E-state index in [-0.39, 0.29) is 5.91 Å². The van der Waals surface area contributed by atoms with Gasteiger partial charge in [-0.05, 0) is 48.9 Å². The Balaban J connectivity index is 1.75. The number of rotatable bonds is 10. The van der Waals surface area contributed by atoms with Crippen LogP contribution in [0.25, 0.3) is 0 Å². The molecule has 2 aromatic carbocycles. The molecule has 0 atom stereocenters. The van der Waals surface area contributed by atoms with Crippen LogP contribution in [0.3, 0.4) is 0 Å².